The molecule has 0 unspecified atom stereocenters. The first-order valence-corrected chi connectivity index (χ1v) is 17.1. The standard InChI is InChI=1S/2C8H17.C4H4O2.Sn/c2*1-3-5-7-8-6-4-2;5-3-1-2-4-6;/h2*1,3-8H2,2H3;1-2H2;. The van der Waals surface area contributed by atoms with Gasteiger partial charge in [0.2, 0.25) is 0 Å². The number of hydrogen-bond donors (Lipinski definition) is 0. The average molecular weight is 429 g/mol. The molecule has 0 saturated carbocycles. The van der Waals surface area contributed by atoms with E-state index in [4.69, 9.17) is 0 Å². The monoisotopic (exact) mass is 430 g/mol. The van der Waals surface area contributed by atoms with Crippen LogP contribution in [-0.4, -0.2) is 26.0 Å². The van der Waals surface area contributed by atoms with Crippen LogP contribution in [0.4, 0.5) is 0 Å². The second-order valence-corrected chi connectivity index (χ2v) is 19.7. The van der Waals surface area contributed by atoms with Gasteiger partial charge in [0.15, 0.2) is 0 Å². The van der Waals surface area contributed by atoms with Crippen molar-refractivity contribution in [2.24, 2.45) is 0 Å². The van der Waals surface area contributed by atoms with E-state index in [-0.39, 0.29) is 0 Å². The van der Waals surface area contributed by atoms with Crippen LogP contribution in [0, 0.1) is 0 Å². The summed E-state index contributed by atoms with van der Waals surface area (Å²) >= 11 is -3.11. The van der Waals surface area contributed by atoms with Crippen molar-refractivity contribution in [2.45, 2.75) is 113 Å². The van der Waals surface area contributed by atoms with E-state index in [9.17, 15) is 9.59 Å². The number of rotatable bonds is 14. The third-order valence-corrected chi connectivity index (χ3v) is 20.0. The molecule has 0 aromatic heterocycles. The Bertz CT molecular complexity index is 318. The van der Waals surface area contributed by atoms with Crippen molar-refractivity contribution in [3.8, 4) is 0 Å². The second kappa shape index (κ2) is 12.5. The van der Waals surface area contributed by atoms with Crippen LogP contribution in [0.5, 0.6) is 0 Å². The van der Waals surface area contributed by atoms with E-state index in [1.54, 1.807) is 0 Å². The zero-order valence-electron chi connectivity index (χ0n) is 15.6. The summed E-state index contributed by atoms with van der Waals surface area (Å²) in [7, 11) is 0. The predicted octanol–water partition coefficient (Wildman–Crippen LogP) is 6.17. The summed E-state index contributed by atoms with van der Waals surface area (Å²) in [4.78, 5) is 25.0. The van der Waals surface area contributed by atoms with E-state index in [2.05, 4.69) is 13.8 Å². The molecule has 0 radical (unpaired) electrons. The molecule has 1 rings (SSSR count). The molecule has 0 aromatic carbocycles. The van der Waals surface area contributed by atoms with Crippen LogP contribution in [-0.2, 0) is 9.59 Å². The molecule has 0 N–H and O–H groups in total. The van der Waals surface area contributed by atoms with E-state index in [1.165, 1.54) is 64.2 Å². The molecule has 1 saturated heterocycles. The number of unbranched alkanes of at least 4 members (excludes halogenated alkanes) is 10. The number of hydrogen-bond acceptors (Lipinski definition) is 2. The van der Waals surface area contributed by atoms with Crippen LogP contribution in [0.25, 0.3) is 0 Å². The summed E-state index contributed by atoms with van der Waals surface area (Å²) in [6.45, 7) is 4.48. The zero-order chi connectivity index (χ0) is 17.0. The van der Waals surface area contributed by atoms with Gasteiger partial charge in [-0.15, -0.1) is 0 Å². The first kappa shape index (κ1) is 21.2. The van der Waals surface area contributed by atoms with Crippen molar-refractivity contribution in [3.05, 3.63) is 0 Å². The minimum absolute atomic E-state index is 0.464. The van der Waals surface area contributed by atoms with Crippen LogP contribution >= 0.6 is 0 Å². The summed E-state index contributed by atoms with van der Waals surface area (Å²) in [6, 6.07) is 0. The van der Waals surface area contributed by atoms with Gasteiger partial charge in [0, 0.05) is 0 Å². The van der Waals surface area contributed by atoms with Gasteiger partial charge < -0.3 is 0 Å². The molecule has 1 heterocycles. The van der Waals surface area contributed by atoms with E-state index in [0.717, 1.165) is 21.7 Å². The molecule has 0 aliphatic carbocycles. The fourth-order valence-corrected chi connectivity index (χ4v) is 17.1. The SMILES string of the molecule is CCCCCCC[CH2][Sn]1([CH2]CCCCCCC)[C](=O)CC[C]1=O. The molecule has 1 aliphatic rings. The van der Waals surface area contributed by atoms with Gasteiger partial charge in [0.25, 0.3) is 0 Å². The summed E-state index contributed by atoms with van der Waals surface area (Å²) in [5, 5.41) is 0. The fourth-order valence-electron chi connectivity index (χ4n) is 3.96. The second-order valence-electron chi connectivity index (χ2n) is 7.46. The molecule has 0 bridgehead atoms. The van der Waals surface area contributed by atoms with Crippen molar-refractivity contribution >= 4 is 26.0 Å². The molecule has 0 spiro atoms. The molecule has 0 amide bonds. The van der Waals surface area contributed by atoms with Gasteiger partial charge in [-0.2, -0.15) is 0 Å². The Labute approximate surface area is 148 Å². The third-order valence-electron chi connectivity index (χ3n) is 5.56. The van der Waals surface area contributed by atoms with Crippen molar-refractivity contribution in [3.63, 3.8) is 0 Å². The van der Waals surface area contributed by atoms with E-state index >= 15 is 0 Å². The maximum atomic E-state index is 12.5. The molecular weight excluding hydrogens is 391 g/mol. The normalized spacial score (nSPS) is 17.1. The maximum absolute atomic E-state index is 12.5. The Hall–Kier alpha value is 0.139. The Kier molecular flexibility index (Phi) is 11.5. The first-order chi connectivity index (χ1) is 11.2. The summed E-state index contributed by atoms with van der Waals surface area (Å²) in [5.41, 5.74) is 0. The summed E-state index contributed by atoms with van der Waals surface area (Å²) < 4.78 is 3.00. The predicted molar refractivity (Wildman–Crippen MR) is 101 cm³/mol. The minimum atomic E-state index is -3.11. The zero-order valence-corrected chi connectivity index (χ0v) is 18.5. The Balaban J connectivity index is 2.36. The van der Waals surface area contributed by atoms with Crippen molar-refractivity contribution in [2.75, 3.05) is 0 Å². The van der Waals surface area contributed by atoms with E-state index < -0.39 is 18.4 Å². The molecule has 0 aromatic rings. The van der Waals surface area contributed by atoms with Gasteiger partial charge in [0.05, 0.1) is 0 Å². The van der Waals surface area contributed by atoms with Crippen LogP contribution in [0.3, 0.4) is 0 Å². The average Bonchev–Trinajstić information content (AvgIpc) is 2.82. The van der Waals surface area contributed by atoms with Crippen molar-refractivity contribution in [1.29, 1.82) is 0 Å². The van der Waals surface area contributed by atoms with Crippen molar-refractivity contribution in [1.82, 2.24) is 0 Å². The van der Waals surface area contributed by atoms with E-state index in [1.807, 2.05) is 0 Å². The molecule has 3 heteroatoms. The fraction of sp³-hybridized carbons (Fsp3) is 0.900. The topological polar surface area (TPSA) is 34.1 Å². The number of carbonyl (C=O) groups excluding carboxylic acids is 2. The van der Waals surface area contributed by atoms with Gasteiger partial charge in [0.1, 0.15) is 0 Å². The molecular formula is C20H38O2Sn. The van der Waals surface area contributed by atoms with Gasteiger partial charge in [-0.05, 0) is 0 Å². The summed E-state index contributed by atoms with van der Waals surface area (Å²) in [5.74, 6) is 0. The van der Waals surface area contributed by atoms with Crippen molar-refractivity contribution < 1.29 is 9.59 Å². The van der Waals surface area contributed by atoms with Gasteiger partial charge in [-0.25, -0.2) is 0 Å². The van der Waals surface area contributed by atoms with Crippen LogP contribution in [0.2, 0.25) is 8.87 Å². The Morgan fingerprint density at radius 2 is 0.957 bits per heavy atom. The number of carbonyl (C=O) groups is 2. The quantitative estimate of drug-likeness (QED) is 0.245. The Morgan fingerprint density at radius 1 is 0.609 bits per heavy atom. The van der Waals surface area contributed by atoms with Crippen LogP contribution in [0.15, 0.2) is 0 Å². The molecule has 2 nitrogen and oxygen atoms in total. The summed E-state index contributed by atoms with van der Waals surface area (Å²) in [6.07, 6.45) is 16.4. The molecule has 23 heavy (non-hydrogen) atoms. The first-order valence-electron chi connectivity index (χ1n) is 10.2. The molecule has 1 aliphatic heterocycles. The Morgan fingerprint density at radius 3 is 1.35 bits per heavy atom. The third kappa shape index (κ3) is 7.27. The molecule has 1 fully saturated rings. The van der Waals surface area contributed by atoms with Gasteiger partial charge >= 0.3 is 148 Å². The van der Waals surface area contributed by atoms with E-state index in [0.29, 0.717) is 20.4 Å². The van der Waals surface area contributed by atoms with Crippen LogP contribution < -0.4 is 0 Å². The molecule has 0 atom stereocenters. The molecule has 134 valence electrons. The van der Waals surface area contributed by atoms with Gasteiger partial charge in [-0.3, -0.25) is 0 Å². The van der Waals surface area contributed by atoms with Crippen LogP contribution in [0.1, 0.15) is 104 Å². The van der Waals surface area contributed by atoms with Gasteiger partial charge in [-0.1, -0.05) is 0 Å².